The highest BCUT2D eigenvalue weighted by Gasteiger charge is 2.13. The van der Waals surface area contributed by atoms with Crippen LogP contribution in [-0.2, 0) is 4.74 Å². The first kappa shape index (κ1) is 21.9. The fraction of sp³-hybridized carbons (Fsp3) is 0.526. The fourth-order valence-corrected chi connectivity index (χ4v) is 2.57. The number of ether oxygens (including phenoxy) is 1. The van der Waals surface area contributed by atoms with Gasteiger partial charge in [-0.2, -0.15) is 0 Å². The molecule has 3 N–H and O–H groups in total. The zero-order chi connectivity index (χ0) is 17.2. The van der Waals surface area contributed by atoms with Crippen LogP contribution in [0.4, 0.5) is 0 Å². The highest BCUT2D eigenvalue weighted by molar-refractivity contribution is 14.0. The van der Waals surface area contributed by atoms with Gasteiger partial charge in [0.05, 0.1) is 25.4 Å². The van der Waals surface area contributed by atoms with Crippen LogP contribution in [0.3, 0.4) is 0 Å². The lowest BCUT2D eigenvalue weighted by molar-refractivity contribution is 0.00111. The Morgan fingerprint density at radius 1 is 1.28 bits per heavy atom. The second-order valence-corrected chi connectivity index (χ2v) is 6.04. The van der Waals surface area contributed by atoms with Gasteiger partial charge in [-0.05, 0) is 32.3 Å². The summed E-state index contributed by atoms with van der Waals surface area (Å²) >= 11 is 0. The van der Waals surface area contributed by atoms with Gasteiger partial charge in [-0.25, -0.2) is 0 Å². The molecule has 0 saturated heterocycles. The first-order valence-corrected chi connectivity index (χ1v) is 8.73. The quantitative estimate of drug-likeness (QED) is 0.242. The van der Waals surface area contributed by atoms with E-state index in [1.807, 2.05) is 44.2 Å². The normalized spacial score (nSPS) is 17.0. The minimum absolute atomic E-state index is 0. The third-order valence-corrected chi connectivity index (χ3v) is 3.96. The van der Waals surface area contributed by atoms with Crippen molar-refractivity contribution in [3.63, 3.8) is 0 Å². The Kier molecular flexibility index (Phi) is 10.8. The van der Waals surface area contributed by atoms with Crippen LogP contribution in [0.15, 0.2) is 47.5 Å². The van der Waals surface area contributed by atoms with Gasteiger partial charge >= 0.3 is 0 Å². The largest absolute Gasteiger partial charge is 0.389 e. The van der Waals surface area contributed by atoms with E-state index in [1.165, 1.54) is 0 Å². The molecule has 0 radical (unpaired) electrons. The second-order valence-electron chi connectivity index (χ2n) is 6.04. The molecule has 5 nitrogen and oxygen atoms in total. The van der Waals surface area contributed by atoms with Gasteiger partial charge in [-0.15, -0.1) is 24.0 Å². The zero-order valence-electron chi connectivity index (χ0n) is 15.0. The van der Waals surface area contributed by atoms with Crippen molar-refractivity contribution in [2.45, 2.75) is 44.9 Å². The molecule has 140 valence electrons. The van der Waals surface area contributed by atoms with Crippen LogP contribution in [0.2, 0.25) is 0 Å². The first-order chi connectivity index (χ1) is 11.7. The molecule has 6 heteroatoms. The van der Waals surface area contributed by atoms with Crippen molar-refractivity contribution < 1.29 is 9.84 Å². The topological polar surface area (TPSA) is 65.9 Å². The molecule has 2 rings (SSSR count). The third kappa shape index (κ3) is 8.20. The summed E-state index contributed by atoms with van der Waals surface area (Å²) in [4.78, 5) is 4.46. The second kappa shape index (κ2) is 12.3. The first-order valence-electron chi connectivity index (χ1n) is 8.73. The molecule has 0 bridgehead atoms. The summed E-state index contributed by atoms with van der Waals surface area (Å²) in [5.41, 5.74) is 1.11. The van der Waals surface area contributed by atoms with Gasteiger partial charge < -0.3 is 20.5 Å². The minimum atomic E-state index is -0.617. The van der Waals surface area contributed by atoms with Crippen LogP contribution in [-0.4, -0.2) is 42.9 Å². The number of aliphatic imine (C=N–C) groups is 1. The van der Waals surface area contributed by atoms with E-state index in [1.54, 1.807) is 0 Å². The summed E-state index contributed by atoms with van der Waals surface area (Å²) < 4.78 is 5.75. The van der Waals surface area contributed by atoms with Crippen molar-refractivity contribution in [2.24, 2.45) is 4.99 Å². The Bertz CT molecular complexity index is 529. The highest BCUT2D eigenvalue weighted by Crippen LogP contribution is 2.16. The third-order valence-electron chi connectivity index (χ3n) is 3.96. The number of nitrogens with one attached hydrogen (secondary N) is 2. The summed E-state index contributed by atoms with van der Waals surface area (Å²) in [6, 6.07) is 10.4. The van der Waals surface area contributed by atoms with Crippen LogP contribution < -0.4 is 10.6 Å². The van der Waals surface area contributed by atoms with Gasteiger partial charge in [-0.1, -0.05) is 42.5 Å². The van der Waals surface area contributed by atoms with Crippen molar-refractivity contribution in [1.82, 2.24) is 10.6 Å². The predicted molar refractivity (Wildman–Crippen MR) is 114 cm³/mol. The van der Waals surface area contributed by atoms with Crippen LogP contribution in [0.1, 0.15) is 38.4 Å². The van der Waals surface area contributed by atoms with Gasteiger partial charge in [0.15, 0.2) is 5.96 Å². The number of halogens is 1. The molecule has 0 heterocycles. The molecule has 0 spiro atoms. The van der Waals surface area contributed by atoms with Gasteiger partial charge in [0.2, 0.25) is 0 Å². The maximum Gasteiger partial charge on any atom is 0.191 e. The standard InChI is InChI=1S/C19H29N3O2.HI/c1-3-20-19(22-17-11-7-8-12-17)21-13-18(23)14-24-15(2)16-9-5-4-6-10-16;/h4-10,15,17-18,23H,3,11-14H2,1-2H3,(H2,20,21,22);1H. The lowest BCUT2D eigenvalue weighted by Gasteiger charge is -2.18. The molecule has 0 fully saturated rings. The van der Waals surface area contributed by atoms with E-state index in [9.17, 15) is 5.11 Å². The molecule has 0 aromatic heterocycles. The number of benzene rings is 1. The molecule has 1 aromatic carbocycles. The van der Waals surface area contributed by atoms with Gasteiger partial charge in [0, 0.05) is 12.6 Å². The summed E-state index contributed by atoms with van der Waals surface area (Å²) in [5, 5.41) is 16.7. The fourth-order valence-electron chi connectivity index (χ4n) is 2.57. The van der Waals surface area contributed by atoms with Crippen LogP contribution >= 0.6 is 24.0 Å². The van der Waals surface area contributed by atoms with Gasteiger partial charge in [0.25, 0.3) is 0 Å². The van der Waals surface area contributed by atoms with E-state index >= 15 is 0 Å². The number of rotatable bonds is 8. The molecule has 1 aliphatic carbocycles. The average Bonchev–Trinajstić information content (AvgIpc) is 3.11. The smallest absolute Gasteiger partial charge is 0.191 e. The number of nitrogens with zero attached hydrogens (tertiary/aromatic N) is 1. The van der Waals surface area contributed by atoms with E-state index in [4.69, 9.17) is 4.74 Å². The van der Waals surface area contributed by atoms with Crippen molar-refractivity contribution in [2.75, 3.05) is 19.7 Å². The summed E-state index contributed by atoms with van der Waals surface area (Å²) in [6.07, 6.45) is 5.73. The number of hydrogen-bond acceptors (Lipinski definition) is 3. The molecule has 25 heavy (non-hydrogen) atoms. The molecule has 2 unspecified atom stereocenters. The Morgan fingerprint density at radius 3 is 2.60 bits per heavy atom. The van der Waals surface area contributed by atoms with Crippen molar-refractivity contribution in [3.8, 4) is 0 Å². The molecular formula is C19H30IN3O2. The Morgan fingerprint density at radius 2 is 1.96 bits per heavy atom. The summed E-state index contributed by atoms with van der Waals surface area (Å²) in [7, 11) is 0. The van der Waals surface area contributed by atoms with E-state index in [2.05, 4.69) is 27.8 Å². The molecule has 0 aliphatic heterocycles. The Labute approximate surface area is 168 Å². The maximum absolute atomic E-state index is 10.1. The number of hydrogen-bond donors (Lipinski definition) is 3. The average molecular weight is 459 g/mol. The number of aliphatic hydroxyl groups excluding tert-OH is 1. The molecule has 0 amide bonds. The molecule has 0 saturated carbocycles. The Hall–Kier alpha value is -1.12. The van der Waals surface area contributed by atoms with Crippen molar-refractivity contribution in [3.05, 3.63) is 48.0 Å². The van der Waals surface area contributed by atoms with E-state index in [0.717, 1.165) is 30.9 Å². The van der Waals surface area contributed by atoms with E-state index in [-0.39, 0.29) is 36.7 Å². The molecule has 2 atom stereocenters. The summed E-state index contributed by atoms with van der Waals surface area (Å²) in [6.45, 7) is 5.40. The molecule has 1 aromatic rings. The lowest BCUT2D eigenvalue weighted by atomic mass is 10.1. The maximum atomic E-state index is 10.1. The SMILES string of the molecule is CCNC(=NCC(O)COC(C)c1ccccc1)NC1CC=CC1.I. The number of aliphatic hydroxyl groups is 1. The number of guanidine groups is 1. The summed E-state index contributed by atoms with van der Waals surface area (Å²) in [5.74, 6) is 0.751. The van der Waals surface area contributed by atoms with E-state index in [0.29, 0.717) is 12.6 Å². The van der Waals surface area contributed by atoms with Crippen molar-refractivity contribution in [1.29, 1.82) is 0 Å². The molecule has 1 aliphatic rings. The lowest BCUT2D eigenvalue weighted by Crippen LogP contribution is -2.43. The highest BCUT2D eigenvalue weighted by atomic mass is 127. The van der Waals surface area contributed by atoms with Crippen LogP contribution in [0.25, 0.3) is 0 Å². The zero-order valence-corrected chi connectivity index (χ0v) is 17.4. The minimum Gasteiger partial charge on any atom is -0.389 e. The van der Waals surface area contributed by atoms with Crippen LogP contribution in [0, 0.1) is 0 Å². The van der Waals surface area contributed by atoms with Crippen molar-refractivity contribution >= 4 is 29.9 Å². The van der Waals surface area contributed by atoms with E-state index < -0.39 is 6.10 Å². The van der Waals surface area contributed by atoms with Crippen LogP contribution in [0.5, 0.6) is 0 Å². The monoisotopic (exact) mass is 459 g/mol. The van der Waals surface area contributed by atoms with Gasteiger partial charge in [-0.3, -0.25) is 4.99 Å². The Balaban J connectivity index is 0.00000312. The van der Waals surface area contributed by atoms with Gasteiger partial charge in [0.1, 0.15) is 0 Å². The predicted octanol–water partition coefficient (Wildman–Crippen LogP) is 3.02. The molecular weight excluding hydrogens is 429 g/mol.